The number of halogens is 4. The first-order valence-electron chi connectivity index (χ1n) is 9.21. The number of nitrogens with one attached hydrogen (secondary N) is 3. The normalized spacial score (nSPS) is 25.2. The summed E-state index contributed by atoms with van der Waals surface area (Å²) in [5.41, 5.74) is 4.68. The molecule has 9 heteroatoms. The first-order valence-corrected chi connectivity index (χ1v) is 9.21. The Morgan fingerprint density at radius 1 is 1.29 bits per heavy atom. The molecule has 0 saturated heterocycles. The van der Waals surface area contributed by atoms with Crippen molar-refractivity contribution < 1.29 is 17.6 Å². The van der Waals surface area contributed by atoms with E-state index < -0.39 is 17.9 Å². The average Bonchev–Trinajstić information content (AvgIpc) is 3.27. The highest BCUT2D eigenvalue weighted by Crippen LogP contribution is 2.38. The summed E-state index contributed by atoms with van der Waals surface area (Å²) in [7, 11) is 0. The van der Waals surface area contributed by atoms with Crippen LogP contribution in [0.5, 0.6) is 0 Å². The van der Waals surface area contributed by atoms with Gasteiger partial charge >= 0.3 is 6.18 Å². The largest absolute Gasteiger partial charge is 0.435 e. The highest BCUT2D eigenvalue weighted by Gasteiger charge is 2.39. The number of dihydropyridines is 1. The predicted molar refractivity (Wildman–Crippen MR) is 98.9 cm³/mol. The SMILES string of the molecule is CCCCC1=CC(c2c[nH]nc2C(F)(F)F)NC=C1C1C(C)=NNC1/C=C/F. The Labute approximate surface area is 160 Å². The monoisotopic (exact) mass is 397 g/mol. The molecule has 0 aliphatic carbocycles. The molecule has 1 aromatic heterocycles. The van der Waals surface area contributed by atoms with Gasteiger partial charge in [-0.3, -0.25) is 5.10 Å². The highest BCUT2D eigenvalue weighted by molar-refractivity contribution is 5.90. The molecule has 3 N–H and O–H groups in total. The fraction of sp³-hybridized carbons (Fsp3) is 0.474. The molecule has 0 fully saturated rings. The van der Waals surface area contributed by atoms with Gasteiger partial charge in [0, 0.05) is 23.7 Å². The maximum absolute atomic E-state index is 13.2. The second kappa shape index (κ2) is 8.20. The van der Waals surface area contributed by atoms with Gasteiger partial charge in [0.1, 0.15) is 0 Å². The summed E-state index contributed by atoms with van der Waals surface area (Å²) in [5, 5.41) is 13.0. The zero-order valence-corrected chi connectivity index (χ0v) is 15.6. The summed E-state index contributed by atoms with van der Waals surface area (Å²) >= 11 is 0. The number of aromatic amines is 1. The van der Waals surface area contributed by atoms with Crippen molar-refractivity contribution in [2.75, 3.05) is 0 Å². The number of hydrazone groups is 1. The lowest BCUT2D eigenvalue weighted by Crippen LogP contribution is -2.32. The van der Waals surface area contributed by atoms with Gasteiger partial charge in [0.2, 0.25) is 0 Å². The highest BCUT2D eigenvalue weighted by atomic mass is 19.4. The zero-order valence-electron chi connectivity index (χ0n) is 15.6. The number of aromatic nitrogens is 2. The number of nitrogens with zero attached hydrogens (tertiary/aromatic N) is 2. The van der Waals surface area contributed by atoms with Crippen molar-refractivity contribution in [2.24, 2.45) is 11.0 Å². The van der Waals surface area contributed by atoms with Crippen LogP contribution in [-0.2, 0) is 6.18 Å². The molecule has 0 spiro atoms. The number of unbranched alkanes of at least 4 members (excludes halogenated alkanes) is 1. The first-order chi connectivity index (χ1) is 13.4. The smallest absolute Gasteiger partial charge is 0.380 e. The fourth-order valence-electron chi connectivity index (χ4n) is 3.68. The Bertz CT molecular complexity index is 819. The summed E-state index contributed by atoms with van der Waals surface area (Å²) in [6.45, 7) is 3.91. The Hall–Kier alpha value is -2.58. The van der Waals surface area contributed by atoms with Crippen LogP contribution in [-0.4, -0.2) is 22.0 Å². The van der Waals surface area contributed by atoms with Crippen LogP contribution in [0.2, 0.25) is 0 Å². The number of rotatable bonds is 6. The third-order valence-electron chi connectivity index (χ3n) is 5.04. The van der Waals surface area contributed by atoms with Crippen molar-refractivity contribution in [3.05, 3.63) is 53.3 Å². The minimum Gasteiger partial charge on any atom is -0.380 e. The van der Waals surface area contributed by atoms with Crippen molar-refractivity contribution in [1.82, 2.24) is 20.9 Å². The van der Waals surface area contributed by atoms with Crippen LogP contribution in [0.4, 0.5) is 17.6 Å². The van der Waals surface area contributed by atoms with Crippen LogP contribution in [0.1, 0.15) is 50.4 Å². The lowest BCUT2D eigenvalue weighted by Gasteiger charge is -2.29. The van der Waals surface area contributed by atoms with Gasteiger partial charge in [-0.15, -0.1) is 0 Å². The topological polar surface area (TPSA) is 65.1 Å². The molecule has 3 unspecified atom stereocenters. The maximum Gasteiger partial charge on any atom is 0.435 e. The first kappa shape index (κ1) is 20.2. The summed E-state index contributed by atoms with van der Waals surface area (Å²) in [5.74, 6) is -0.185. The molecule has 3 atom stereocenters. The van der Waals surface area contributed by atoms with Crippen LogP contribution in [0.15, 0.2) is 47.1 Å². The molecule has 2 aliphatic rings. The third-order valence-corrected chi connectivity index (χ3v) is 5.04. The minimum atomic E-state index is -4.53. The van der Waals surface area contributed by atoms with Crippen molar-refractivity contribution in [3.8, 4) is 0 Å². The van der Waals surface area contributed by atoms with Gasteiger partial charge in [0.15, 0.2) is 5.69 Å². The number of alkyl halides is 3. The quantitative estimate of drug-likeness (QED) is 0.619. The molecule has 3 rings (SSSR count). The minimum absolute atomic E-state index is 0.0481. The van der Waals surface area contributed by atoms with Gasteiger partial charge in [0.25, 0.3) is 0 Å². The van der Waals surface area contributed by atoms with E-state index in [9.17, 15) is 17.6 Å². The van der Waals surface area contributed by atoms with E-state index in [1.54, 1.807) is 6.20 Å². The molecule has 28 heavy (non-hydrogen) atoms. The van der Waals surface area contributed by atoms with Gasteiger partial charge in [-0.05, 0) is 37.0 Å². The Morgan fingerprint density at radius 3 is 2.75 bits per heavy atom. The third kappa shape index (κ3) is 3.98. The van der Waals surface area contributed by atoms with Crippen LogP contribution >= 0.6 is 0 Å². The van der Waals surface area contributed by atoms with Crippen molar-refractivity contribution in [2.45, 2.75) is 51.4 Å². The Balaban J connectivity index is 1.94. The zero-order chi connectivity index (χ0) is 20.3. The second-order valence-corrected chi connectivity index (χ2v) is 6.93. The average molecular weight is 397 g/mol. The molecular formula is C19H23F4N5. The van der Waals surface area contributed by atoms with Gasteiger partial charge in [-0.2, -0.15) is 23.4 Å². The molecular weight excluding hydrogens is 374 g/mol. The summed E-state index contributed by atoms with van der Waals surface area (Å²) in [4.78, 5) is 0. The lowest BCUT2D eigenvalue weighted by atomic mass is 9.81. The molecule has 0 radical (unpaired) electrons. The molecule has 5 nitrogen and oxygen atoms in total. The fourth-order valence-corrected chi connectivity index (χ4v) is 3.68. The second-order valence-electron chi connectivity index (χ2n) is 6.93. The number of hydrogen-bond donors (Lipinski definition) is 3. The number of hydrogen-bond acceptors (Lipinski definition) is 4. The van der Waals surface area contributed by atoms with Crippen LogP contribution in [0, 0.1) is 5.92 Å². The van der Waals surface area contributed by atoms with Crippen LogP contribution in [0.3, 0.4) is 0 Å². The predicted octanol–water partition coefficient (Wildman–Crippen LogP) is 4.52. The Morgan fingerprint density at radius 2 is 2.07 bits per heavy atom. The van der Waals surface area contributed by atoms with E-state index in [2.05, 4.69) is 33.0 Å². The molecule has 0 amide bonds. The van der Waals surface area contributed by atoms with E-state index in [0.29, 0.717) is 6.33 Å². The molecule has 0 bridgehead atoms. The summed E-state index contributed by atoms with van der Waals surface area (Å²) in [6, 6.07) is -0.980. The van der Waals surface area contributed by atoms with E-state index in [0.717, 1.165) is 36.1 Å². The number of allylic oxidation sites excluding steroid dienone is 1. The molecule has 0 saturated carbocycles. The molecule has 1 aromatic rings. The van der Waals surface area contributed by atoms with E-state index in [1.807, 2.05) is 13.0 Å². The van der Waals surface area contributed by atoms with E-state index in [1.165, 1.54) is 12.3 Å². The van der Waals surface area contributed by atoms with Gasteiger partial charge in [0.05, 0.1) is 24.3 Å². The van der Waals surface area contributed by atoms with E-state index in [-0.39, 0.29) is 17.5 Å². The lowest BCUT2D eigenvalue weighted by molar-refractivity contribution is -0.141. The molecule has 2 aliphatic heterocycles. The molecule has 152 valence electrons. The van der Waals surface area contributed by atoms with Gasteiger partial charge in [-0.25, -0.2) is 4.39 Å². The summed E-state index contributed by atoms with van der Waals surface area (Å²) in [6.07, 6.45) is 4.72. The van der Waals surface area contributed by atoms with E-state index >= 15 is 0 Å². The number of H-pyrrole nitrogens is 1. The van der Waals surface area contributed by atoms with Crippen LogP contribution in [0.25, 0.3) is 0 Å². The molecule has 3 heterocycles. The van der Waals surface area contributed by atoms with E-state index in [4.69, 9.17) is 0 Å². The van der Waals surface area contributed by atoms with Crippen molar-refractivity contribution in [1.29, 1.82) is 0 Å². The molecule has 0 aromatic carbocycles. The van der Waals surface area contributed by atoms with Gasteiger partial charge < -0.3 is 10.7 Å². The maximum atomic E-state index is 13.2. The van der Waals surface area contributed by atoms with Gasteiger partial charge in [-0.1, -0.05) is 19.4 Å². The Kier molecular flexibility index (Phi) is 5.90. The summed E-state index contributed by atoms with van der Waals surface area (Å²) < 4.78 is 52.5. The van der Waals surface area contributed by atoms with Crippen LogP contribution < -0.4 is 10.7 Å². The standard InChI is InChI=1S/C19H23F4N5/c1-3-4-5-12-8-16(14-10-25-28-18(14)19(21,22)23)24-9-13(12)17-11(2)26-27-15(17)6-7-20/h6-10,15-17,24,27H,3-5H2,1-2H3,(H,25,28)/b7-6+. The van der Waals surface area contributed by atoms with Crippen molar-refractivity contribution in [3.63, 3.8) is 0 Å². The van der Waals surface area contributed by atoms with Crippen molar-refractivity contribution >= 4 is 5.71 Å².